The van der Waals surface area contributed by atoms with Gasteiger partial charge in [-0.3, -0.25) is 4.79 Å². The van der Waals surface area contributed by atoms with Gasteiger partial charge >= 0.3 is 5.97 Å². The fourth-order valence-corrected chi connectivity index (χ4v) is 2.67. The number of ether oxygens (including phenoxy) is 2. The van der Waals surface area contributed by atoms with E-state index >= 15 is 0 Å². The lowest BCUT2D eigenvalue weighted by atomic mass is 10.1. The third kappa shape index (κ3) is 4.21. The maximum atomic E-state index is 12.6. The molecule has 134 valence electrons. The van der Waals surface area contributed by atoms with E-state index in [1.807, 2.05) is 31.2 Å². The summed E-state index contributed by atoms with van der Waals surface area (Å²) in [5.41, 5.74) is 3.15. The van der Waals surface area contributed by atoms with E-state index in [9.17, 15) is 9.59 Å². The maximum absolute atomic E-state index is 12.6. The highest BCUT2D eigenvalue weighted by molar-refractivity contribution is 6.00. The highest BCUT2D eigenvalue weighted by atomic mass is 16.5. The third-order valence-electron chi connectivity index (χ3n) is 4.07. The molecule has 0 aliphatic carbocycles. The molecule has 0 atom stereocenters. The van der Waals surface area contributed by atoms with Gasteiger partial charge < -0.3 is 19.4 Å². The van der Waals surface area contributed by atoms with Crippen molar-refractivity contribution in [1.82, 2.24) is 9.88 Å². The minimum atomic E-state index is -0.448. The van der Waals surface area contributed by atoms with Crippen molar-refractivity contribution in [1.29, 1.82) is 0 Å². The summed E-state index contributed by atoms with van der Waals surface area (Å²) >= 11 is 0. The quantitative estimate of drug-likeness (QED) is 0.818. The highest BCUT2D eigenvalue weighted by Gasteiger charge is 2.24. The number of rotatable bonds is 6. The molecule has 0 saturated heterocycles. The third-order valence-corrected chi connectivity index (χ3v) is 4.07. The molecular weight excluding hydrogens is 320 g/mol. The van der Waals surface area contributed by atoms with Gasteiger partial charge in [0.15, 0.2) is 0 Å². The second-order valence-electron chi connectivity index (χ2n) is 6.01. The molecule has 0 aliphatic heterocycles. The number of carbonyl (C=O) groups excluding carboxylic acids is 2. The molecule has 6 nitrogen and oxygen atoms in total. The number of carbonyl (C=O) groups is 2. The number of amides is 1. The van der Waals surface area contributed by atoms with Gasteiger partial charge in [0, 0.05) is 12.7 Å². The number of benzene rings is 1. The van der Waals surface area contributed by atoms with E-state index in [0.717, 1.165) is 11.3 Å². The number of nitrogens with one attached hydrogen (secondary N) is 1. The van der Waals surface area contributed by atoms with Gasteiger partial charge in [0.05, 0.1) is 19.2 Å². The van der Waals surface area contributed by atoms with Crippen LogP contribution in [0.15, 0.2) is 24.3 Å². The Bertz CT molecular complexity index is 780. The van der Waals surface area contributed by atoms with Crippen molar-refractivity contribution in [3.05, 3.63) is 52.3 Å². The molecule has 1 aromatic carbocycles. The number of aromatic amines is 1. The SMILES string of the molecule is COC(=O)c1c(C)[nH]c(C(=O)N(C)CCOc2cccc(C)c2)c1C. The Morgan fingerprint density at radius 2 is 1.92 bits per heavy atom. The fourth-order valence-electron chi connectivity index (χ4n) is 2.67. The van der Waals surface area contributed by atoms with Crippen LogP contribution in [0, 0.1) is 20.8 Å². The molecular formula is C19H24N2O4. The molecule has 0 spiro atoms. The summed E-state index contributed by atoms with van der Waals surface area (Å²) in [6.45, 7) is 6.29. The molecule has 0 unspecified atom stereocenters. The van der Waals surface area contributed by atoms with Gasteiger partial charge in [0.1, 0.15) is 18.1 Å². The highest BCUT2D eigenvalue weighted by Crippen LogP contribution is 2.20. The average Bonchev–Trinajstić information content (AvgIpc) is 2.88. The summed E-state index contributed by atoms with van der Waals surface area (Å²) in [4.78, 5) is 29.0. The first-order valence-corrected chi connectivity index (χ1v) is 8.07. The first-order valence-electron chi connectivity index (χ1n) is 8.07. The summed E-state index contributed by atoms with van der Waals surface area (Å²) in [7, 11) is 3.03. The van der Waals surface area contributed by atoms with Crippen LogP contribution in [0.2, 0.25) is 0 Å². The van der Waals surface area contributed by atoms with E-state index in [0.29, 0.717) is 35.7 Å². The van der Waals surface area contributed by atoms with Crippen LogP contribution < -0.4 is 4.74 Å². The lowest BCUT2D eigenvalue weighted by Crippen LogP contribution is -2.31. The summed E-state index contributed by atoms with van der Waals surface area (Å²) in [5.74, 6) is 0.139. The Morgan fingerprint density at radius 3 is 2.56 bits per heavy atom. The monoisotopic (exact) mass is 344 g/mol. The van der Waals surface area contributed by atoms with Crippen molar-refractivity contribution in [2.75, 3.05) is 27.3 Å². The summed E-state index contributed by atoms with van der Waals surface area (Å²) < 4.78 is 10.5. The predicted octanol–water partition coefficient (Wildman–Crippen LogP) is 2.88. The Kier molecular flexibility index (Phi) is 5.85. The number of likely N-dealkylation sites (N-methyl/N-ethyl adjacent to an activating group) is 1. The first kappa shape index (κ1) is 18.6. The number of aromatic nitrogens is 1. The van der Waals surface area contributed by atoms with E-state index in [1.54, 1.807) is 25.8 Å². The normalized spacial score (nSPS) is 10.4. The van der Waals surface area contributed by atoms with Crippen LogP contribution in [-0.4, -0.2) is 49.1 Å². The minimum absolute atomic E-state index is 0.191. The van der Waals surface area contributed by atoms with E-state index in [2.05, 4.69) is 4.98 Å². The van der Waals surface area contributed by atoms with Crippen LogP contribution in [0.3, 0.4) is 0 Å². The molecule has 0 fully saturated rings. The van der Waals surface area contributed by atoms with Crippen LogP contribution in [0.1, 0.15) is 37.7 Å². The van der Waals surface area contributed by atoms with Crippen molar-refractivity contribution >= 4 is 11.9 Å². The smallest absolute Gasteiger partial charge is 0.339 e. The predicted molar refractivity (Wildman–Crippen MR) is 95.2 cm³/mol. The molecule has 2 rings (SSSR count). The van der Waals surface area contributed by atoms with Crippen LogP contribution in [0.25, 0.3) is 0 Å². The molecule has 0 bridgehead atoms. The summed E-state index contributed by atoms with van der Waals surface area (Å²) in [6, 6.07) is 7.76. The van der Waals surface area contributed by atoms with Crippen molar-refractivity contribution in [2.24, 2.45) is 0 Å². The van der Waals surface area contributed by atoms with Crippen molar-refractivity contribution in [3.8, 4) is 5.75 Å². The van der Waals surface area contributed by atoms with Crippen molar-refractivity contribution < 1.29 is 19.1 Å². The van der Waals surface area contributed by atoms with Crippen molar-refractivity contribution in [3.63, 3.8) is 0 Å². The van der Waals surface area contributed by atoms with Gasteiger partial charge in [0.2, 0.25) is 0 Å². The molecule has 0 saturated carbocycles. The van der Waals surface area contributed by atoms with Gasteiger partial charge in [-0.1, -0.05) is 12.1 Å². The molecule has 6 heteroatoms. The van der Waals surface area contributed by atoms with Crippen LogP contribution in [0.4, 0.5) is 0 Å². The summed E-state index contributed by atoms with van der Waals surface area (Å²) in [6.07, 6.45) is 0. The maximum Gasteiger partial charge on any atom is 0.339 e. The molecule has 1 N–H and O–H groups in total. The van der Waals surface area contributed by atoms with E-state index in [4.69, 9.17) is 9.47 Å². The Morgan fingerprint density at radius 1 is 1.20 bits per heavy atom. The zero-order valence-corrected chi connectivity index (χ0v) is 15.3. The topological polar surface area (TPSA) is 71.6 Å². The summed E-state index contributed by atoms with van der Waals surface area (Å²) in [5, 5.41) is 0. The van der Waals surface area contributed by atoms with E-state index in [1.165, 1.54) is 7.11 Å². The van der Waals surface area contributed by atoms with Gasteiger partial charge in [-0.2, -0.15) is 0 Å². The van der Waals surface area contributed by atoms with Crippen molar-refractivity contribution in [2.45, 2.75) is 20.8 Å². The van der Waals surface area contributed by atoms with Gasteiger partial charge in [-0.15, -0.1) is 0 Å². The standard InChI is InChI=1S/C19H24N2O4/c1-12-7-6-8-15(11-12)25-10-9-21(4)18(22)17-13(2)16(14(3)20-17)19(23)24-5/h6-8,11,20H,9-10H2,1-5H3. The fraction of sp³-hybridized carbons (Fsp3) is 0.368. The molecule has 0 aliphatic rings. The number of aryl methyl sites for hydroxylation is 2. The Hall–Kier alpha value is -2.76. The second-order valence-corrected chi connectivity index (χ2v) is 6.01. The van der Waals surface area contributed by atoms with Gasteiger partial charge in [-0.05, 0) is 44.0 Å². The molecule has 1 aromatic heterocycles. The van der Waals surface area contributed by atoms with Gasteiger partial charge in [-0.25, -0.2) is 4.79 Å². The zero-order chi connectivity index (χ0) is 18.6. The van der Waals surface area contributed by atoms with Crippen LogP contribution in [-0.2, 0) is 4.74 Å². The number of esters is 1. The van der Waals surface area contributed by atoms with Crippen LogP contribution in [0.5, 0.6) is 5.75 Å². The number of nitrogens with zero attached hydrogens (tertiary/aromatic N) is 1. The molecule has 2 aromatic rings. The molecule has 1 amide bonds. The molecule has 25 heavy (non-hydrogen) atoms. The van der Waals surface area contributed by atoms with E-state index in [-0.39, 0.29) is 5.91 Å². The first-order chi connectivity index (χ1) is 11.8. The Balaban J connectivity index is 2.01. The minimum Gasteiger partial charge on any atom is -0.492 e. The zero-order valence-electron chi connectivity index (χ0n) is 15.3. The Labute approximate surface area is 147 Å². The average molecular weight is 344 g/mol. The largest absolute Gasteiger partial charge is 0.492 e. The number of H-pyrrole nitrogens is 1. The number of methoxy groups -OCH3 is 1. The number of hydrogen-bond donors (Lipinski definition) is 1. The lowest BCUT2D eigenvalue weighted by molar-refractivity contribution is 0.0599. The number of hydrogen-bond acceptors (Lipinski definition) is 4. The van der Waals surface area contributed by atoms with Crippen LogP contribution >= 0.6 is 0 Å². The van der Waals surface area contributed by atoms with Gasteiger partial charge in [0.25, 0.3) is 5.91 Å². The lowest BCUT2D eigenvalue weighted by Gasteiger charge is -2.17. The van der Waals surface area contributed by atoms with E-state index < -0.39 is 5.97 Å². The molecule has 0 radical (unpaired) electrons. The molecule has 1 heterocycles. The second kappa shape index (κ2) is 7.88.